The number of rotatable bonds is 9. The standard InChI is InChI=1S/C29H27N5O4S/c30-27(31)22-9-6-10-23(18-22)33-29(36)25(17-19-7-2-1-3-8-19)34-28(35)21-15-13-20(14-16-21)24-11-4-5-12-26(24)39(32,37)38/h1-16,18,25H,17H2,(H3,30,31)(H,33,36)(H,34,35)(H2,32,37,38). The smallest absolute Gasteiger partial charge is 0.251 e. The number of nitrogens with two attached hydrogens (primary N) is 2. The maximum absolute atomic E-state index is 13.3. The Morgan fingerprint density at radius 1 is 0.821 bits per heavy atom. The van der Waals surface area contributed by atoms with E-state index in [0.29, 0.717) is 22.4 Å². The molecule has 10 heteroatoms. The van der Waals surface area contributed by atoms with E-state index in [-0.39, 0.29) is 22.7 Å². The van der Waals surface area contributed by atoms with Crippen molar-refractivity contribution in [3.8, 4) is 11.1 Å². The molecule has 0 saturated carbocycles. The van der Waals surface area contributed by atoms with Gasteiger partial charge in [-0.2, -0.15) is 0 Å². The van der Waals surface area contributed by atoms with Crippen LogP contribution in [0.5, 0.6) is 0 Å². The van der Waals surface area contributed by atoms with E-state index in [1.807, 2.05) is 30.3 Å². The van der Waals surface area contributed by atoms with Gasteiger partial charge in [0.25, 0.3) is 5.91 Å². The first-order valence-electron chi connectivity index (χ1n) is 11.9. The second kappa shape index (κ2) is 11.7. The molecule has 0 aliphatic heterocycles. The van der Waals surface area contributed by atoms with Gasteiger partial charge >= 0.3 is 0 Å². The first kappa shape index (κ1) is 27.2. The molecule has 4 rings (SSSR count). The Hall–Kier alpha value is -4.80. The van der Waals surface area contributed by atoms with Crippen LogP contribution in [-0.2, 0) is 21.2 Å². The second-order valence-corrected chi connectivity index (χ2v) is 10.3. The first-order chi connectivity index (χ1) is 18.6. The van der Waals surface area contributed by atoms with Crippen LogP contribution in [0.4, 0.5) is 5.69 Å². The number of primary sulfonamides is 1. The van der Waals surface area contributed by atoms with Crippen LogP contribution in [0.3, 0.4) is 0 Å². The number of carbonyl (C=O) groups is 2. The molecule has 1 unspecified atom stereocenters. The molecular weight excluding hydrogens is 514 g/mol. The van der Waals surface area contributed by atoms with Gasteiger partial charge < -0.3 is 16.4 Å². The lowest BCUT2D eigenvalue weighted by molar-refractivity contribution is -0.118. The van der Waals surface area contributed by atoms with E-state index < -0.39 is 27.9 Å². The van der Waals surface area contributed by atoms with Gasteiger partial charge in [-0.15, -0.1) is 0 Å². The highest BCUT2D eigenvalue weighted by molar-refractivity contribution is 7.89. The number of benzene rings is 4. The van der Waals surface area contributed by atoms with Crippen molar-refractivity contribution in [2.45, 2.75) is 17.4 Å². The number of amides is 2. The summed E-state index contributed by atoms with van der Waals surface area (Å²) in [6.07, 6.45) is 0.241. The highest BCUT2D eigenvalue weighted by Gasteiger charge is 2.23. The van der Waals surface area contributed by atoms with E-state index >= 15 is 0 Å². The van der Waals surface area contributed by atoms with Gasteiger partial charge in [0.2, 0.25) is 15.9 Å². The SMILES string of the molecule is N=C(N)c1cccc(NC(=O)C(Cc2ccccc2)NC(=O)c2ccc(-c3ccccc3S(N)(=O)=O)cc2)c1. The minimum atomic E-state index is -3.94. The summed E-state index contributed by atoms with van der Waals surface area (Å²) >= 11 is 0. The second-order valence-electron chi connectivity index (χ2n) is 8.82. The van der Waals surface area contributed by atoms with Gasteiger partial charge in [0, 0.05) is 28.8 Å². The van der Waals surface area contributed by atoms with Crippen LogP contribution in [0.1, 0.15) is 21.5 Å². The Morgan fingerprint density at radius 3 is 2.15 bits per heavy atom. The Balaban J connectivity index is 1.56. The number of nitrogen functional groups attached to an aromatic ring is 1. The van der Waals surface area contributed by atoms with Gasteiger partial charge in [-0.1, -0.05) is 72.8 Å². The van der Waals surface area contributed by atoms with E-state index in [2.05, 4.69) is 10.6 Å². The number of sulfonamides is 1. The minimum absolute atomic E-state index is 0.0179. The van der Waals surface area contributed by atoms with Crippen LogP contribution in [-0.4, -0.2) is 32.1 Å². The molecule has 0 saturated heterocycles. The van der Waals surface area contributed by atoms with E-state index in [1.54, 1.807) is 66.7 Å². The molecule has 0 aromatic heterocycles. The van der Waals surface area contributed by atoms with Crippen LogP contribution in [0.15, 0.2) is 108 Å². The molecule has 0 bridgehead atoms. The van der Waals surface area contributed by atoms with E-state index in [9.17, 15) is 18.0 Å². The summed E-state index contributed by atoms with van der Waals surface area (Å²) in [7, 11) is -3.94. The summed E-state index contributed by atoms with van der Waals surface area (Å²) in [6, 6.07) is 27.6. The van der Waals surface area contributed by atoms with Gasteiger partial charge in [-0.25, -0.2) is 13.6 Å². The van der Waals surface area contributed by atoms with Crippen molar-refractivity contribution >= 4 is 33.4 Å². The fourth-order valence-corrected chi connectivity index (χ4v) is 4.81. The number of carbonyl (C=O) groups excluding carboxylic acids is 2. The molecule has 0 fully saturated rings. The molecule has 0 radical (unpaired) electrons. The molecule has 0 aliphatic rings. The number of hydrogen-bond acceptors (Lipinski definition) is 5. The molecule has 9 nitrogen and oxygen atoms in total. The van der Waals surface area contributed by atoms with Crippen molar-refractivity contribution in [3.63, 3.8) is 0 Å². The zero-order chi connectivity index (χ0) is 28.0. The zero-order valence-corrected chi connectivity index (χ0v) is 21.6. The number of anilines is 1. The summed E-state index contributed by atoms with van der Waals surface area (Å²) in [5.74, 6) is -1.04. The lowest BCUT2D eigenvalue weighted by Crippen LogP contribution is -2.45. The van der Waals surface area contributed by atoms with Crippen LogP contribution < -0.4 is 21.5 Å². The predicted octanol–water partition coefficient (Wildman–Crippen LogP) is 3.26. The maximum atomic E-state index is 13.3. The first-order valence-corrected chi connectivity index (χ1v) is 13.5. The lowest BCUT2D eigenvalue weighted by Gasteiger charge is -2.19. The fraction of sp³-hybridized carbons (Fsp3) is 0.0690. The van der Waals surface area contributed by atoms with Crippen molar-refractivity contribution in [1.29, 1.82) is 5.41 Å². The quantitative estimate of drug-likeness (QED) is 0.162. The number of nitrogens with one attached hydrogen (secondary N) is 3. The molecular formula is C29H27N5O4S. The summed E-state index contributed by atoms with van der Waals surface area (Å²) in [4.78, 5) is 26.4. The third-order valence-corrected chi connectivity index (χ3v) is 6.97. The monoisotopic (exact) mass is 541 g/mol. The summed E-state index contributed by atoms with van der Waals surface area (Å²) in [6.45, 7) is 0. The van der Waals surface area contributed by atoms with Crippen molar-refractivity contribution in [2.24, 2.45) is 10.9 Å². The third kappa shape index (κ3) is 6.95. The van der Waals surface area contributed by atoms with Crippen molar-refractivity contribution in [3.05, 3.63) is 120 Å². The topological polar surface area (TPSA) is 168 Å². The van der Waals surface area contributed by atoms with Crippen molar-refractivity contribution < 1.29 is 18.0 Å². The van der Waals surface area contributed by atoms with Crippen LogP contribution in [0.25, 0.3) is 11.1 Å². The van der Waals surface area contributed by atoms with Crippen LogP contribution >= 0.6 is 0 Å². The molecule has 0 heterocycles. The summed E-state index contributed by atoms with van der Waals surface area (Å²) in [5, 5.41) is 18.6. The maximum Gasteiger partial charge on any atom is 0.251 e. The fourth-order valence-electron chi connectivity index (χ4n) is 4.05. The minimum Gasteiger partial charge on any atom is -0.384 e. The molecule has 4 aromatic carbocycles. The molecule has 39 heavy (non-hydrogen) atoms. The van der Waals surface area contributed by atoms with Gasteiger partial charge in [-0.05, 0) is 41.5 Å². The predicted molar refractivity (Wildman–Crippen MR) is 151 cm³/mol. The van der Waals surface area contributed by atoms with Crippen LogP contribution in [0, 0.1) is 5.41 Å². The Bertz CT molecular complexity index is 1620. The van der Waals surface area contributed by atoms with Crippen LogP contribution in [0.2, 0.25) is 0 Å². The average Bonchev–Trinajstić information content (AvgIpc) is 2.93. The van der Waals surface area contributed by atoms with Gasteiger partial charge in [-0.3, -0.25) is 15.0 Å². The Kier molecular flexibility index (Phi) is 8.18. The molecule has 198 valence electrons. The van der Waals surface area contributed by atoms with Gasteiger partial charge in [0.1, 0.15) is 11.9 Å². The Morgan fingerprint density at radius 2 is 1.49 bits per heavy atom. The zero-order valence-electron chi connectivity index (χ0n) is 20.8. The third-order valence-electron chi connectivity index (χ3n) is 6.00. The van der Waals surface area contributed by atoms with E-state index in [1.165, 1.54) is 6.07 Å². The molecule has 0 spiro atoms. The normalized spacial score (nSPS) is 11.8. The largest absolute Gasteiger partial charge is 0.384 e. The molecule has 7 N–H and O–H groups in total. The van der Waals surface area contributed by atoms with Gasteiger partial charge in [0.05, 0.1) is 4.90 Å². The summed E-state index contributed by atoms with van der Waals surface area (Å²) in [5.41, 5.74) is 8.59. The number of hydrogen-bond donors (Lipinski definition) is 5. The molecule has 2 amide bonds. The molecule has 1 atom stereocenters. The highest BCUT2D eigenvalue weighted by atomic mass is 32.2. The van der Waals surface area contributed by atoms with Crippen molar-refractivity contribution in [2.75, 3.05) is 5.32 Å². The molecule has 4 aromatic rings. The van der Waals surface area contributed by atoms with E-state index in [4.69, 9.17) is 16.3 Å². The molecule has 0 aliphatic carbocycles. The summed E-state index contributed by atoms with van der Waals surface area (Å²) < 4.78 is 24.0. The van der Waals surface area contributed by atoms with Crippen molar-refractivity contribution in [1.82, 2.24) is 5.32 Å². The highest BCUT2D eigenvalue weighted by Crippen LogP contribution is 2.26. The lowest BCUT2D eigenvalue weighted by atomic mass is 10.0. The average molecular weight is 542 g/mol. The Labute approximate surface area is 226 Å². The number of amidine groups is 1. The van der Waals surface area contributed by atoms with E-state index in [0.717, 1.165) is 5.56 Å². The van der Waals surface area contributed by atoms with Gasteiger partial charge in [0.15, 0.2) is 0 Å².